The lowest BCUT2D eigenvalue weighted by Crippen LogP contribution is -2.22. The maximum atomic E-state index is 11.2. The average molecular weight is 280 g/mol. The molecule has 2 N–H and O–H groups in total. The normalized spacial score (nSPS) is 11.1. The first-order valence-corrected chi connectivity index (χ1v) is 6.84. The Hall–Kier alpha value is -1.82. The van der Waals surface area contributed by atoms with Crippen LogP contribution in [0.25, 0.3) is 0 Å². The fourth-order valence-corrected chi connectivity index (χ4v) is 2.05. The summed E-state index contributed by atoms with van der Waals surface area (Å²) in [4.78, 5) is 25.3. The molecule has 0 bridgehead atoms. The molecule has 6 heteroatoms. The van der Waals surface area contributed by atoms with Crippen LogP contribution in [0, 0.1) is 0 Å². The van der Waals surface area contributed by atoms with Crippen molar-refractivity contribution in [1.82, 2.24) is 5.32 Å². The van der Waals surface area contributed by atoms with E-state index in [9.17, 15) is 9.59 Å². The Morgan fingerprint density at radius 3 is 2.58 bits per heavy atom. The number of aliphatic imine (C=N–C) groups is 1. The van der Waals surface area contributed by atoms with E-state index < -0.39 is 6.09 Å². The number of hydrogen-bond acceptors (Lipinski definition) is 3. The fourth-order valence-electron chi connectivity index (χ4n) is 1.23. The van der Waals surface area contributed by atoms with Crippen LogP contribution in [0.2, 0.25) is 0 Å². The van der Waals surface area contributed by atoms with Crippen LogP contribution < -0.4 is 5.32 Å². The topological polar surface area (TPSA) is 78.8 Å². The van der Waals surface area contributed by atoms with E-state index in [1.165, 1.54) is 0 Å². The largest absolute Gasteiger partial charge is 0.463 e. The van der Waals surface area contributed by atoms with Gasteiger partial charge in [0.2, 0.25) is 0 Å². The summed E-state index contributed by atoms with van der Waals surface area (Å²) in [6, 6.07) is 9.56. The molecule has 0 unspecified atom stereocenters. The first-order valence-electron chi connectivity index (χ1n) is 5.85. The number of carbonyl (C=O) groups excluding carboxylic acids is 1. The van der Waals surface area contributed by atoms with Crippen LogP contribution in [0.15, 0.2) is 35.3 Å². The smallest absolute Gasteiger partial charge is 0.433 e. The van der Waals surface area contributed by atoms with Gasteiger partial charge >= 0.3 is 6.09 Å². The van der Waals surface area contributed by atoms with Crippen molar-refractivity contribution in [3.8, 4) is 0 Å². The van der Waals surface area contributed by atoms with E-state index in [1.807, 2.05) is 30.3 Å². The van der Waals surface area contributed by atoms with Gasteiger partial charge in [-0.15, -0.1) is 0 Å². The van der Waals surface area contributed by atoms with Crippen molar-refractivity contribution in [2.45, 2.75) is 19.9 Å². The third kappa shape index (κ3) is 6.61. The predicted octanol–water partition coefficient (Wildman–Crippen LogP) is 2.52. The van der Waals surface area contributed by atoms with Crippen LogP contribution in [0.5, 0.6) is 0 Å². The number of benzene rings is 1. The second kappa shape index (κ2) is 8.31. The lowest BCUT2D eigenvalue weighted by molar-refractivity contribution is -0.116. The van der Waals surface area contributed by atoms with E-state index in [0.717, 1.165) is 17.3 Å². The summed E-state index contributed by atoms with van der Waals surface area (Å²) in [7, 11) is 0. The maximum Gasteiger partial charge on any atom is 0.433 e. The molecule has 0 aliphatic carbocycles. The van der Waals surface area contributed by atoms with Crippen molar-refractivity contribution in [3.63, 3.8) is 0 Å². The Bertz CT molecular complexity index is 460. The number of ketones is 1. The molecule has 0 aromatic heterocycles. The monoisotopic (exact) mass is 280 g/mol. The zero-order valence-electron chi connectivity index (χ0n) is 10.6. The summed E-state index contributed by atoms with van der Waals surface area (Å²) in [5.41, 5.74) is 1.02. The molecule has 0 fully saturated rings. The van der Waals surface area contributed by atoms with Gasteiger partial charge in [0.25, 0.3) is 0 Å². The molecule has 1 aromatic carbocycles. The summed E-state index contributed by atoms with van der Waals surface area (Å²) in [6.07, 6.45) is -0.835. The highest BCUT2D eigenvalue weighted by Crippen LogP contribution is 2.06. The van der Waals surface area contributed by atoms with Gasteiger partial charge in [-0.1, -0.05) is 49.0 Å². The van der Waals surface area contributed by atoms with Crippen molar-refractivity contribution < 1.29 is 14.7 Å². The molecule has 0 atom stereocenters. The lowest BCUT2D eigenvalue weighted by Gasteiger charge is -2.08. The zero-order valence-corrected chi connectivity index (χ0v) is 11.4. The number of rotatable bonds is 5. The molecule has 5 nitrogen and oxygen atoms in total. The predicted molar refractivity (Wildman–Crippen MR) is 76.5 cm³/mol. The third-order valence-corrected chi connectivity index (χ3v) is 3.22. The van der Waals surface area contributed by atoms with Gasteiger partial charge in [-0.3, -0.25) is 4.79 Å². The van der Waals surface area contributed by atoms with Crippen molar-refractivity contribution in [1.29, 1.82) is 0 Å². The van der Waals surface area contributed by atoms with E-state index in [4.69, 9.17) is 5.11 Å². The minimum Gasteiger partial charge on any atom is -0.463 e. The molecule has 0 heterocycles. The van der Waals surface area contributed by atoms with E-state index in [0.29, 0.717) is 13.0 Å². The molecule has 102 valence electrons. The fraction of sp³-hybridized carbons (Fsp3) is 0.308. The van der Waals surface area contributed by atoms with Gasteiger partial charge < -0.3 is 10.4 Å². The number of thioether (sulfide) groups is 1. The number of amidine groups is 1. The SMILES string of the molecule is CCC(=O)CS/C(=N/C(=O)O)NCc1ccccc1. The van der Waals surface area contributed by atoms with Gasteiger partial charge in [0.05, 0.1) is 5.75 Å². The summed E-state index contributed by atoms with van der Waals surface area (Å²) in [5.74, 6) is 0.286. The Kier molecular flexibility index (Phi) is 6.67. The van der Waals surface area contributed by atoms with Crippen LogP contribution in [0.3, 0.4) is 0 Å². The summed E-state index contributed by atoms with van der Waals surface area (Å²) >= 11 is 1.11. The van der Waals surface area contributed by atoms with Crippen LogP contribution in [-0.2, 0) is 11.3 Å². The lowest BCUT2D eigenvalue weighted by atomic mass is 10.2. The Morgan fingerprint density at radius 2 is 2.00 bits per heavy atom. The van der Waals surface area contributed by atoms with Gasteiger partial charge in [-0.2, -0.15) is 4.99 Å². The summed E-state index contributed by atoms with van der Waals surface area (Å²) < 4.78 is 0. The first-order chi connectivity index (χ1) is 9.11. The number of nitrogens with zero attached hydrogens (tertiary/aromatic N) is 1. The van der Waals surface area contributed by atoms with Crippen LogP contribution in [0.1, 0.15) is 18.9 Å². The standard InChI is InChI=1S/C13H16N2O3S/c1-2-11(16)9-19-12(15-13(17)18)14-8-10-6-4-3-5-7-10/h3-7H,2,8-9H2,1H3,(H,14,15)(H,17,18). The average Bonchev–Trinajstić information content (AvgIpc) is 2.42. The number of nitrogens with one attached hydrogen (secondary N) is 1. The van der Waals surface area contributed by atoms with E-state index in [2.05, 4.69) is 10.3 Å². The van der Waals surface area contributed by atoms with E-state index in [1.54, 1.807) is 6.92 Å². The number of hydrogen-bond donors (Lipinski definition) is 2. The zero-order chi connectivity index (χ0) is 14.1. The highest BCUT2D eigenvalue weighted by atomic mass is 32.2. The molecular formula is C13H16N2O3S. The Labute approximate surface area is 116 Å². The van der Waals surface area contributed by atoms with E-state index in [-0.39, 0.29) is 16.7 Å². The molecule has 0 saturated heterocycles. The molecule has 0 aliphatic heterocycles. The second-order valence-corrected chi connectivity index (χ2v) is 4.68. The molecule has 0 aliphatic rings. The number of carboxylic acid groups (broad SMARTS) is 1. The summed E-state index contributed by atoms with van der Waals surface area (Å²) in [6.45, 7) is 2.24. The molecule has 1 amide bonds. The molecule has 0 saturated carbocycles. The minimum atomic E-state index is -1.27. The first kappa shape index (κ1) is 15.2. The minimum absolute atomic E-state index is 0.0598. The highest BCUT2D eigenvalue weighted by Gasteiger charge is 2.06. The Balaban J connectivity index is 2.55. The molecule has 0 radical (unpaired) electrons. The van der Waals surface area contributed by atoms with Crippen molar-refractivity contribution in [3.05, 3.63) is 35.9 Å². The van der Waals surface area contributed by atoms with Gasteiger partial charge in [0.15, 0.2) is 5.17 Å². The maximum absolute atomic E-state index is 11.2. The second-order valence-electron chi connectivity index (χ2n) is 3.72. The van der Waals surface area contributed by atoms with Crippen molar-refractivity contribution in [2.24, 2.45) is 4.99 Å². The van der Waals surface area contributed by atoms with Crippen molar-refractivity contribution in [2.75, 3.05) is 5.75 Å². The molecule has 1 rings (SSSR count). The highest BCUT2D eigenvalue weighted by molar-refractivity contribution is 8.14. The van der Waals surface area contributed by atoms with Gasteiger partial charge in [0.1, 0.15) is 5.78 Å². The number of amides is 1. The van der Waals surface area contributed by atoms with Crippen LogP contribution in [0.4, 0.5) is 4.79 Å². The molecule has 0 spiro atoms. The number of Topliss-reactive ketones (excluding diaryl/α,β-unsaturated/α-hetero) is 1. The van der Waals surface area contributed by atoms with Gasteiger partial charge in [0, 0.05) is 13.0 Å². The summed E-state index contributed by atoms with van der Waals surface area (Å²) in [5, 5.41) is 11.9. The van der Waals surface area contributed by atoms with Gasteiger partial charge in [-0.05, 0) is 5.56 Å². The van der Waals surface area contributed by atoms with Crippen molar-refractivity contribution >= 4 is 28.8 Å². The molecule has 19 heavy (non-hydrogen) atoms. The van der Waals surface area contributed by atoms with Gasteiger partial charge in [-0.25, -0.2) is 4.79 Å². The third-order valence-electron chi connectivity index (χ3n) is 2.25. The molecule has 1 aromatic rings. The molecular weight excluding hydrogens is 264 g/mol. The van der Waals surface area contributed by atoms with E-state index >= 15 is 0 Å². The quantitative estimate of drug-likeness (QED) is 0.640. The Morgan fingerprint density at radius 1 is 1.32 bits per heavy atom. The van der Waals surface area contributed by atoms with Crippen LogP contribution >= 0.6 is 11.8 Å². The van der Waals surface area contributed by atoms with Crippen LogP contribution in [-0.4, -0.2) is 27.9 Å². The number of carbonyl (C=O) groups is 2.